The molecule has 5 nitrogen and oxygen atoms in total. The molecule has 3 aliphatic rings. The zero-order chi connectivity index (χ0) is 19.1. The van der Waals surface area contributed by atoms with E-state index in [1.165, 1.54) is 5.56 Å². The molecule has 0 amide bonds. The van der Waals surface area contributed by atoms with E-state index in [0.717, 1.165) is 17.0 Å². The lowest BCUT2D eigenvalue weighted by Gasteiger charge is -2.25. The van der Waals surface area contributed by atoms with Crippen LogP contribution in [-0.2, 0) is 4.74 Å². The molecule has 28 heavy (non-hydrogen) atoms. The number of hydrogen-bond acceptors (Lipinski definition) is 5. The summed E-state index contributed by atoms with van der Waals surface area (Å²) in [5.74, 6) is 1.79. The minimum atomic E-state index is -0.449. The molecule has 0 fully saturated rings. The van der Waals surface area contributed by atoms with Gasteiger partial charge in [-0.2, -0.15) is 0 Å². The molecule has 2 aromatic rings. The highest BCUT2D eigenvalue weighted by atomic mass is 16.5. The largest absolute Gasteiger partial charge is 0.508 e. The number of fused-ring (bicyclic) bond motifs is 3. The summed E-state index contributed by atoms with van der Waals surface area (Å²) in [6.45, 7) is 0. The van der Waals surface area contributed by atoms with Crippen molar-refractivity contribution in [1.29, 1.82) is 0 Å². The molecule has 0 spiro atoms. The number of ether oxygens (including phenoxy) is 2. The second kappa shape index (κ2) is 6.60. The standard InChI is InChI=1S/C23H20N2O3/c1-27-21-13-18(24-23(25-21)17-8-2-4-11-19(17)26)16-10-6-9-15-14-7-3-5-12-20(14)28-22(15)16/h2-14,20,23-24,26H,1H3. The molecule has 0 saturated heterocycles. The van der Waals surface area contributed by atoms with Gasteiger partial charge in [0.05, 0.1) is 12.8 Å². The molecule has 140 valence electrons. The van der Waals surface area contributed by atoms with Gasteiger partial charge in [-0.1, -0.05) is 48.6 Å². The first-order chi connectivity index (χ1) is 13.7. The zero-order valence-electron chi connectivity index (χ0n) is 15.4. The van der Waals surface area contributed by atoms with Gasteiger partial charge in [-0.3, -0.25) is 0 Å². The van der Waals surface area contributed by atoms with Crippen LogP contribution < -0.4 is 10.1 Å². The average molecular weight is 372 g/mol. The van der Waals surface area contributed by atoms with E-state index in [4.69, 9.17) is 9.47 Å². The maximum absolute atomic E-state index is 10.3. The van der Waals surface area contributed by atoms with E-state index >= 15 is 0 Å². The molecule has 0 aromatic heterocycles. The van der Waals surface area contributed by atoms with Crippen LogP contribution >= 0.6 is 0 Å². The van der Waals surface area contributed by atoms with Gasteiger partial charge >= 0.3 is 0 Å². The Morgan fingerprint density at radius 1 is 1.04 bits per heavy atom. The quantitative estimate of drug-likeness (QED) is 0.835. The summed E-state index contributed by atoms with van der Waals surface area (Å²) in [5.41, 5.74) is 3.67. The number of benzene rings is 2. The number of methoxy groups -OCH3 is 1. The fourth-order valence-electron chi connectivity index (χ4n) is 3.92. The molecule has 0 radical (unpaired) electrons. The topological polar surface area (TPSA) is 63.1 Å². The van der Waals surface area contributed by atoms with Gasteiger partial charge in [-0.25, -0.2) is 4.99 Å². The summed E-state index contributed by atoms with van der Waals surface area (Å²) < 4.78 is 11.7. The molecule has 3 atom stereocenters. The van der Waals surface area contributed by atoms with Crippen LogP contribution in [0, 0.1) is 0 Å². The monoisotopic (exact) mass is 372 g/mol. The first-order valence-electron chi connectivity index (χ1n) is 9.27. The Kier molecular flexibility index (Phi) is 3.93. The molecule has 3 unspecified atom stereocenters. The van der Waals surface area contributed by atoms with Crippen molar-refractivity contribution in [1.82, 2.24) is 5.32 Å². The van der Waals surface area contributed by atoms with Crippen LogP contribution in [-0.4, -0.2) is 24.2 Å². The van der Waals surface area contributed by atoms with Crippen LogP contribution in [0.1, 0.15) is 28.8 Å². The van der Waals surface area contributed by atoms with Gasteiger partial charge in [0.2, 0.25) is 5.90 Å². The first kappa shape index (κ1) is 16.7. The van der Waals surface area contributed by atoms with Crippen molar-refractivity contribution in [2.75, 3.05) is 7.11 Å². The number of hydrogen-bond donors (Lipinski definition) is 2. The summed E-state index contributed by atoms with van der Waals surface area (Å²) >= 11 is 0. The normalized spacial score (nSPS) is 24.4. The van der Waals surface area contributed by atoms with E-state index < -0.39 is 6.17 Å². The fraction of sp³-hybridized carbons (Fsp3) is 0.174. The van der Waals surface area contributed by atoms with E-state index in [1.54, 1.807) is 19.2 Å². The smallest absolute Gasteiger partial charge is 0.212 e. The Hall–Kier alpha value is -3.47. The summed E-state index contributed by atoms with van der Waals surface area (Å²) in [7, 11) is 1.59. The first-order valence-corrected chi connectivity index (χ1v) is 9.27. The molecule has 2 aromatic carbocycles. The molecule has 5 rings (SSSR count). The van der Waals surface area contributed by atoms with Gasteiger partial charge in [-0.15, -0.1) is 0 Å². The minimum absolute atomic E-state index is 0.0230. The number of nitrogens with one attached hydrogen (secondary N) is 1. The SMILES string of the molecule is COC1=NC(c2ccccc2O)NC(c2cccc3c2OC2C=CC=CC32)=C1. The lowest BCUT2D eigenvalue weighted by Crippen LogP contribution is -2.25. The van der Waals surface area contributed by atoms with Crippen molar-refractivity contribution in [3.05, 3.63) is 89.5 Å². The van der Waals surface area contributed by atoms with Crippen molar-refractivity contribution in [3.63, 3.8) is 0 Å². The summed E-state index contributed by atoms with van der Waals surface area (Å²) in [6.07, 6.45) is 9.79. The Balaban J connectivity index is 1.56. The third-order valence-electron chi connectivity index (χ3n) is 5.29. The second-order valence-electron chi connectivity index (χ2n) is 6.94. The van der Waals surface area contributed by atoms with Gasteiger partial charge in [0.25, 0.3) is 0 Å². The van der Waals surface area contributed by atoms with Crippen LogP contribution in [0.2, 0.25) is 0 Å². The van der Waals surface area contributed by atoms with Crippen LogP contribution in [0.5, 0.6) is 11.5 Å². The summed E-state index contributed by atoms with van der Waals surface area (Å²) in [6, 6.07) is 13.4. The Bertz CT molecular complexity index is 1050. The number of rotatable bonds is 2. The number of para-hydroxylation sites is 2. The number of aromatic hydroxyl groups is 1. The number of allylic oxidation sites excluding steroid dienone is 2. The highest BCUT2D eigenvalue weighted by molar-refractivity contribution is 5.97. The van der Waals surface area contributed by atoms with Gasteiger partial charge in [0, 0.05) is 28.7 Å². The minimum Gasteiger partial charge on any atom is -0.508 e. The van der Waals surface area contributed by atoms with Crippen LogP contribution in [0.4, 0.5) is 0 Å². The number of aliphatic imine (C=N–C) groups is 1. The number of phenols is 1. The third kappa shape index (κ3) is 2.67. The Morgan fingerprint density at radius 2 is 1.86 bits per heavy atom. The number of nitrogens with zero attached hydrogens (tertiary/aromatic N) is 1. The van der Waals surface area contributed by atoms with Crippen LogP contribution in [0.3, 0.4) is 0 Å². The second-order valence-corrected chi connectivity index (χ2v) is 6.94. The lowest BCUT2D eigenvalue weighted by atomic mass is 9.91. The van der Waals surface area contributed by atoms with Crippen molar-refractivity contribution >= 4 is 11.6 Å². The van der Waals surface area contributed by atoms with Gasteiger partial charge in [0.1, 0.15) is 17.6 Å². The Morgan fingerprint density at radius 3 is 2.71 bits per heavy atom. The lowest BCUT2D eigenvalue weighted by molar-refractivity contribution is 0.268. The van der Waals surface area contributed by atoms with E-state index in [0.29, 0.717) is 11.5 Å². The molecule has 5 heteroatoms. The highest BCUT2D eigenvalue weighted by Gasteiger charge is 2.35. The van der Waals surface area contributed by atoms with Crippen molar-refractivity contribution < 1.29 is 14.6 Å². The average Bonchev–Trinajstić information content (AvgIpc) is 3.12. The van der Waals surface area contributed by atoms with Crippen molar-refractivity contribution in [2.45, 2.75) is 18.2 Å². The number of phenolic OH excluding ortho intramolecular Hbond substituents is 1. The van der Waals surface area contributed by atoms with E-state index in [2.05, 4.69) is 34.6 Å². The zero-order valence-corrected chi connectivity index (χ0v) is 15.4. The molecule has 2 aliphatic heterocycles. The summed E-state index contributed by atoms with van der Waals surface area (Å²) in [5, 5.41) is 13.7. The maximum Gasteiger partial charge on any atom is 0.212 e. The van der Waals surface area contributed by atoms with Crippen molar-refractivity contribution in [3.8, 4) is 11.5 Å². The van der Waals surface area contributed by atoms with Crippen molar-refractivity contribution in [2.24, 2.45) is 4.99 Å². The Labute approximate surface area is 163 Å². The third-order valence-corrected chi connectivity index (χ3v) is 5.29. The summed E-state index contributed by atoms with van der Waals surface area (Å²) in [4.78, 5) is 4.56. The molecule has 0 saturated carbocycles. The molecule has 2 heterocycles. The van der Waals surface area contributed by atoms with Gasteiger partial charge < -0.3 is 19.9 Å². The maximum atomic E-state index is 10.3. The highest BCUT2D eigenvalue weighted by Crippen LogP contribution is 2.45. The molecular weight excluding hydrogens is 352 g/mol. The van der Waals surface area contributed by atoms with Gasteiger partial charge in [-0.05, 0) is 18.2 Å². The van der Waals surface area contributed by atoms with Crippen LogP contribution in [0.25, 0.3) is 5.70 Å². The van der Waals surface area contributed by atoms with Crippen LogP contribution in [0.15, 0.2) is 77.8 Å². The predicted molar refractivity (Wildman–Crippen MR) is 108 cm³/mol. The van der Waals surface area contributed by atoms with Gasteiger partial charge in [0.15, 0.2) is 6.17 Å². The fourth-order valence-corrected chi connectivity index (χ4v) is 3.92. The molecular formula is C23H20N2O3. The predicted octanol–water partition coefficient (Wildman–Crippen LogP) is 4.05. The van der Waals surface area contributed by atoms with E-state index in [9.17, 15) is 5.11 Å². The molecule has 0 bridgehead atoms. The molecule has 1 aliphatic carbocycles. The van der Waals surface area contributed by atoms with E-state index in [-0.39, 0.29) is 17.8 Å². The molecule has 2 N–H and O–H groups in total. The van der Waals surface area contributed by atoms with E-state index in [1.807, 2.05) is 36.4 Å².